The second-order valence-electron chi connectivity index (χ2n) is 7.86. The van der Waals surface area contributed by atoms with Crippen LogP contribution >= 0.6 is 0 Å². The smallest absolute Gasteiger partial charge is 0.254 e. The van der Waals surface area contributed by atoms with Gasteiger partial charge < -0.3 is 15.0 Å². The van der Waals surface area contributed by atoms with E-state index >= 15 is 0 Å². The summed E-state index contributed by atoms with van der Waals surface area (Å²) >= 11 is 0. The van der Waals surface area contributed by atoms with Gasteiger partial charge in [0, 0.05) is 31.7 Å². The number of ether oxygens (including phenoxy) is 1. The molecule has 2 amide bonds. The Morgan fingerprint density at radius 2 is 1.66 bits per heavy atom. The Kier molecular flexibility index (Phi) is 6.88. The largest absolute Gasteiger partial charge is 0.379 e. The Bertz CT molecular complexity index is 1070. The SMILES string of the molecule is O=C(NCc1ccccc1S(=O)(=O)N1CCOCC1)C1CCCN1C(=O)c1ccccc1. The zero-order valence-electron chi connectivity index (χ0n) is 17.8. The molecular formula is C23H27N3O5S. The number of hydrogen-bond donors (Lipinski definition) is 1. The van der Waals surface area contributed by atoms with Gasteiger partial charge in [-0.3, -0.25) is 9.59 Å². The van der Waals surface area contributed by atoms with E-state index < -0.39 is 16.1 Å². The molecule has 0 aromatic heterocycles. The molecule has 2 aromatic carbocycles. The zero-order valence-corrected chi connectivity index (χ0v) is 18.6. The van der Waals surface area contributed by atoms with Crippen molar-refractivity contribution in [2.45, 2.75) is 30.3 Å². The van der Waals surface area contributed by atoms with Crippen LogP contribution < -0.4 is 5.32 Å². The van der Waals surface area contributed by atoms with Crippen molar-refractivity contribution < 1.29 is 22.7 Å². The van der Waals surface area contributed by atoms with E-state index in [0.717, 1.165) is 6.42 Å². The molecule has 32 heavy (non-hydrogen) atoms. The van der Waals surface area contributed by atoms with E-state index in [1.165, 1.54) is 4.31 Å². The lowest BCUT2D eigenvalue weighted by Crippen LogP contribution is -2.46. The van der Waals surface area contributed by atoms with Crippen LogP contribution in [0.1, 0.15) is 28.8 Å². The van der Waals surface area contributed by atoms with Gasteiger partial charge in [0.15, 0.2) is 0 Å². The Balaban J connectivity index is 1.46. The number of benzene rings is 2. The van der Waals surface area contributed by atoms with Crippen molar-refractivity contribution >= 4 is 21.8 Å². The first-order valence-electron chi connectivity index (χ1n) is 10.8. The number of sulfonamides is 1. The molecule has 170 valence electrons. The number of morpholine rings is 1. The third kappa shape index (κ3) is 4.69. The number of nitrogens with zero attached hydrogens (tertiary/aromatic N) is 2. The quantitative estimate of drug-likeness (QED) is 0.711. The maximum atomic E-state index is 13.1. The summed E-state index contributed by atoms with van der Waals surface area (Å²) in [4.78, 5) is 27.6. The van der Waals surface area contributed by atoms with E-state index in [1.807, 2.05) is 6.07 Å². The van der Waals surface area contributed by atoms with Crippen LogP contribution in [-0.2, 0) is 26.1 Å². The molecule has 0 radical (unpaired) electrons. The predicted octanol–water partition coefficient (Wildman–Crippen LogP) is 1.63. The van der Waals surface area contributed by atoms with Crippen molar-refractivity contribution in [3.05, 3.63) is 65.7 Å². The van der Waals surface area contributed by atoms with E-state index in [-0.39, 0.29) is 23.3 Å². The minimum absolute atomic E-state index is 0.0719. The van der Waals surface area contributed by atoms with Crippen LogP contribution in [0.4, 0.5) is 0 Å². The van der Waals surface area contributed by atoms with E-state index in [1.54, 1.807) is 53.4 Å². The Morgan fingerprint density at radius 3 is 2.41 bits per heavy atom. The van der Waals surface area contributed by atoms with Crippen LogP contribution in [0.25, 0.3) is 0 Å². The van der Waals surface area contributed by atoms with Crippen LogP contribution in [0.3, 0.4) is 0 Å². The van der Waals surface area contributed by atoms with E-state index in [0.29, 0.717) is 50.4 Å². The van der Waals surface area contributed by atoms with Gasteiger partial charge in [-0.05, 0) is 36.6 Å². The highest BCUT2D eigenvalue weighted by Crippen LogP contribution is 2.23. The number of nitrogens with one attached hydrogen (secondary N) is 1. The molecule has 2 saturated heterocycles. The summed E-state index contributed by atoms with van der Waals surface area (Å²) in [7, 11) is -3.68. The minimum Gasteiger partial charge on any atom is -0.379 e. The molecule has 0 saturated carbocycles. The van der Waals surface area contributed by atoms with Crippen LogP contribution in [0.5, 0.6) is 0 Å². The van der Waals surface area contributed by atoms with Crippen molar-refractivity contribution in [1.29, 1.82) is 0 Å². The van der Waals surface area contributed by atoms with E-state index in [9.17, 15) is 18.0 Å². The maximum Gasteiger partial charge on any atom is 0.254 e. The first kappa shape index (κ1) is 22.4. The van der Waals surface area contributed by atoms with Gasteiger partial charge >= 0.3 is 0 Å². The monoisotopic (exact) mass is 457 g/mol. The van der Waals surface area contributed by atoms with Gasteiger partial charge in [0.2, 0.25) is 15.9 Å². The molecule has 2 fully saturated rings. The van der Waals surface area contributed by atoms with Crippen LogP contribution in [0.2, 0.25) is 0 Å². The molecule has 1 atom stereocenters. The summed E-state index contributed by atoms with van der Waals surface area (Å²) in [5.41, 5.74) is 1.07. The van der Waals surface area contributed by atoms with Gasteiger partial charge in [0.05, 0.1) is 18.1 Å². The fourth-order valence-electron chi connectivity index (χ4n) is 4.16. The molecular weight excluding hydrogens is 430 g/mol. The Morgan fingerprint density at radius 1 is 0.969 bits per heavy atom. The Labute approximate surface area is 188 Å². The average molecular weight is 458 g/mol. The standard InChI is InChI=1S/C23H27N3O5S/c27-22(20-10-6-12-26(20)23(28)18-7-2-1-3-8-18)24-17-19-9-4-5-11-21(19)32(29,30)25-13-15-31-16-14-25/h1-5,7-9,11,20H,6,10,12-17H2,(H,24,27). The third-order valence-corrected chi connectivity index (χ3v) is 7.85. The molecule has 4 rings (SSSR count). The first-order valence-corrected chi connectivity index (χ1v) is 12.2. The number of likely N-dealkylation sites (tertiary alicyclic amines) is 1. The van der Waals surface area contributed by atoms with Gasteiger partial charge in [0.25, 0.3) is 5.91 Å². The molecule has 8 nitrogen and oxygen atoms in total. The predicted molar refractivity (Wildman–Crippen MR) is 118 cm³/mol. The molecule has 2 aliphatic rings. The van der Waals surface area contributed by atoms with Gasteiger partial charge in [-0.25, -0.2) is 8.42 Å². The van der Waals surface area contributed by atoms with Gasteiger partial charge in [-0.15, -0.1) is 0 Å². The lowest BCUT2D eigenvalue weighted by molar-refractivity contribution is -0.125. The van der Waals surface area contributed by atoms with Gasteiger partial charge in [0.1, 0.15) is 6.04 Å². The van der Waals surface area contributed by atoms with Crippen molar-refractivity contribution in [1.82, 2.24) is 14.5 Å². The lowest BCUT2D eigenvalue weighted by atomic mass is 10.1. The molecule has 2 aliphatic heterocycles. The highest BCUT2D eigenvalue weighted by atomic mass is 32.2. The number of carbonyl (C=O) groups excluding carboxylic acids is 2. The third-order valence-electron chi connectivity index (χ3n) is 5.85. The molecule has 9 heteroatoms. The molecule has 0 spiro atoms. The maximum absolute atomic E-state index is 13.1. The Hall–Kier alpha value is -2.75. The first-order chi connectivity index (χ1) is 15.5. The minimum atomic E-state index is -3.68. The van der Waals surface area contributed by atoms with Crippen LogP contribution in [0, 0.1) is 0 Å². The fourth-order valence-corrected chi connectivity index (χ4v) is 5.79. The highest BCUT2D eigenvalue weighted by Gasteiger charge is 2.35. The van der Waals surface area contributed by atoms with Crippen molar-refractivity contribution in [2.24, 2.45) is 0 Å². The second-order valence-corrected chi connectivity index (χ2v) is 9.77. The summed E-state index contributed by atoms with van der Waals surface area (Å²) in [6, 6.07) is 15.0. The molecule has 2 aromatic rings. The summed E-state index contributed by atoms with van der Waals surface area (Å²) in [5, 5.41) is 2.85. The van der Waals surface area contributed by atoms with Crippen LogP contribution in [0.15, 0.2) is 59.5 Å². The average Bonchev–Trinajstić information content (AvgIpc) is 3.33. The summed E-state index contributed by atoms with van der Waals surface area (Å²) in [6.07, 6.45) is 1.33. The highest BCUT2D eigenvalue weighted by molar-refractivity contribution is 7.89. The number of carbonyl (C=O) groups is 2. The van der Waals surface area contributed by atoms with Crippen LogP contribution in [-0.4, -0.2) is 68.3 Å². The number of hydrogen-bond acceptors (Lipinski definition) is 5. The van der Waals surface area contributed by atoms with Gasteiger partial charge in [-0.1, -0.05) is 36.4 Å². The lowest BCUT2D eigenvalue weighted by Gasteiger charge is -2.27. The van der Waals surface area contributed by atoms with Crippen molar-refractivity contribution in [3.63, 3.8) is 0 Å². The molecule has 2 heterocycles. The van der Waals surface area contributed by atoms with E-state index in [4.69, 9.17) is 4.74 Å². The van der Waals surface area contributed by atoms with Crippen molar-refractivity contribution in [2.75, 3.05) is 32.8 Å². The summed E-state index contributed by atoms with van der Waals surface area (Å²) in [5.74, 6) is -0.441. The number of amides is 2. The molecule has 0 bridgehead atoms. The van der Waals surface area contributed by atoms with E-state index in [2.05, 4.69) is 5.32 Å². The summed E-state index contributed by atoms with van der Waals surface area (Å²) < 4.78 is 32.9. The topological polar surface area (TPSA) is 96.0 Å². The summed E-state index contributed by atoms with van der Waals surface area (Å²) in [6.45, 7) is 1.94. The molecule has 1 unspecified atom stereocenters. The normalized spacial score (nSPS) is 19.6. The molecule has 1 N–H and O–H groups in total. The number of rotatable bonds is 6. The fraction of sp³-hybridized carbons (Fsp3) is 0.391. The van der Waals surface area contributed by atoms with Crippen molar-refractivity contribution in [3.8, 4) is 0 Å². The zero-order chi connectivity index (χ0) is 22.6. The molecule has 0 aliphatic carbocycles. The van der Waals surface area contributed by atoms with Gasteiger partial charge in [-0.2, -0.15) is 4.31 Å². The second kappa shape index (κ2) is 9.81.